The van der Waals surface area contributed by atoms with Crippen molar-refractivity contribution in [2.45, 2.75) is 26.2 Å². The molecule has 0 saturated carbocycles. The van der Waals surface area contributed by atoms with E-state index >= 15 is 0 Å². The van der Waals surface area contributed by atoms with Crippen LogP contribution in [0, 0.1) is 11.3 Å². The Morgan fingerprint density at radius 3 is 2.74 bits per heavy atom. The number of hydrogen-bond donors (Lipinski definition) is 0. The summed E-state index contributed by atoms with van der Waals surface area (Å²) in [5.74, 6) is 1.04. The van der Waals surface area contributed by atoms with Crippen molar-refractivity contribution in [3.05, 3.63) is 90.4 Å². The molecule has 0 atom stereocenters. The standard InChI is InChI=1S/C27H22N4/c1-2-3-13-26-30-27-25(12-7-16-29-27)31(26)24-11-6-9-19-17-20(14-15-23(19)24)22-10-5-4-8-21(22)18-28/h4-12,14-17H,2-3,13H2,1H3. The molecule has 3 aromatic carbocycles. The molecular formula is C27H22N4. The Hall–Kier alpha value is -3.97. The average Bonchev–Trinajstić information content (AvgIpc) is 3.20. The van der Waals surface area contributed by atoms with E-state index in [2.05, 4.69) is 65.0 Å². The molecule has 0 spiro atoms. The molecule has 150 valence electrons. The van der Waals surface area contributed by atoms with Crippen molar-refractivity contribution in [2.24, 2.45) is 0 Å². The van der Waals surface area contributed by atoms with Crippen molar-refractivity contribution in [3.8, 4) is 22.9 Å². The summed E-state index contributed by atoms with van der Waals surface area (Å²) >= 11 is 0. The van der Waals surface area contributed by atoms with Gasteiger partial charge in [0.25, 0.3) is 0 Å². The predicted octanol–water partition coefficient (Wildman–Crippen LogP) is 6.45. The van der Waals surface area contributed by atoms with Gasteiger partial charge < -0.3 is 0 Å². The number of imidazole rings is 1. The van der Waals surface area contributed by atoms with Crippen LogP contribution in [0.1, 0.15) is 31.2 Å². The van der Waals surface area contributed by atoms with Gasteiger partial charge in [-0.2, -0.15) is 5.26 Å². The highest BCUT2D eigenvalue weighted by atomic mass is 15.1. The lowest BCUT2D eigenvalue weighted by atomic mass is 9.97. The van der Waals surface area contributed by atoms with Crippen LogP contribution < -0.4 is 0 Å². The second kappa shape index (κ2) is 8.04. The fraction of sp³-hybridized carbons (Fsp3) is 0.148. The predicted molar refractivity (Wildman–Crippen MR) is 125 cm³/mol. The first kappa shape index (κ1) is 19.0. The zero-order valence-electron chi connectivity index (χ0n) is 17.4. The average molecular weight is 403 g/mol. The molecule has 0 amide bonds. The summed E-state index contributed by atoms with van der Waals surface area (Å²) in [6.45, 7) is 2.20. The lowest BCUT2D eigenvalue weighted by Crippen LogP contribution is -2.02. The lowest BCUT2D eigenvalue weighted by Gasteiger charge is -2.13. The van der Waals surface area contributed by atoms with E-state index in [1.807, 2.05) is 30.3 Å². The zero-order valence-corrected chi connectivity index (χ0v) is 17.4. The quantitative estimate of drug-likeness (QED) is 0.339. The Labute approximate surface area is 181 Å². The van der Waals surface area contributed by atoms with E-state index in [0.29, 0.717) is 5.56 Å². The van der Waals surface area contributed by atoms with E-state index in [-0.39, 0.29) is 0 Å². The minimum Gasteiger partial charge on any atom is -0.294 e. The van der Waals surface area contributed by atoms with Crippen molar-refractivity contribution in [3.63, 3.8) is 0 Å². The van der Waals surface area contributed by atoms with E-state index in [0.717, 1.165) is 63.8 Å². The Kier molecular flexibility index (Phi) is 4.93. The van der Waals surface area contributed by atoms with Crippen LogP contribution in [0.3, 0.4) is 0 Å². The summed E-state index contributed by atoms with van der Waals surface area (Å²) in [7, 11) is 0. The molecule has 31 heavy (non-hydrogen) atoms. The second-order valence-electron chi connectivity index (χ2n) is 7.68. The summed E-state index contributed by atoms with van der Waals surface area (Å²) < 4.78 is 2.25. The number of aryl methyl sites for hydroxylation is 1. The van der Waals surface area contributed by atoms with Crippen LogP contribution in [-0.2, 0) is 6.42 Å². The summed E-state index contributed by atoms with van der Waals surface area (Å²) in [5.41, 5.74) is 5.61. The minimum absolute atomic E-state index is 0.687. The van der Waals surface area contributed by atoms with Gasteiger partial charge in [-0.1, -0.05) is 55.8 Å². The molecule has 2 heterocycles. The number of nitriles is 1. The molecule has 2 aromatic heterocycles. The highest BCUT2D eigenvalue weighted by Crippen LogP contribution is 2.32. The monoisotopic (exact) mass is 402 g/mol. The van der Waals surface area contributed by atoms with Crippen molar-refractivity contribution < 1.29 is 0 Å². The van der Waals surface area contributed by atoms with Crippen LogP contribution >= 0.6 is 0 Å². The third-order valence-corrected chi connectivity index (χ3v) is 5.71. The van der Waals surface area contributed by atoms with E-state index < -0.39 is 0 Å². The molecule has 0 saturated heterocycles. The van der Waals surface area contributed by atoms with Gasteiger partial charge in [-0.25, -0.2) is 9.97 Å². The summed E-state index contributed by atoms with van der Waals surface area (Å²) in [6.07, 6.45) is 4.92. The van der Waals surface area contributed by atoms with E-state index in [1.54, 1.807) is 6.20 Å². The number of benzene rings is 3. The van der Waals surface area contributed by atoms with Gasteiger partial charge in [-0.15, -0.1) is 0 Å². The van der Waals surface area contributed by atoms with Gasteiger partial charge in [0.1, 0.15) is 5.82 Å². The second-order valence-corrected chi connectivity index (χ2v) is 7.68. The molecule has 5 rings (SSSR count). The first-order chi connectivity index (χ1) is 15.3. The molecule has 0 aliphatic heterocycles. The van der Waals surface area contributed by atoms with Crippen LogP contribution in [0.15, 0.2) is 79.0 Å². The van der Waals surface area contributed by atoms with Crippen molar-refractivity contribution in [2.75, 3.05) is 0 Å². The van der Waals surface area contributed by atoms with Crippen molar-refractivity contribution >= 4 is 21.9 Å². The van der Waals surface area contributed by atoms with E-state index in [1.165, 1.54) is 0 Å². The normalized spacial score (nSPS) is 11.1. The largest absolute Gasteiger partial charge is 0.294 e. The Morgan fingerprint density at radius 1 is 0.968 bits per heavy atom. The molecule has 0 radical (unpaired) electrons. The Bertz CT molecular complexity index is 1440. The summed E-state index contributed by atoms with van der Waals surface area (Å²) in [6, 6.07) is 26.9. The smallest absolute Gasteiger partial charge is 0.178 e. The maximum absolute atomic E-state index is 9.50. The number of rotatable bonds is 5. The number of unbranched alkanes of at least 4 members (excludes halogenated alkanes) is 1. The first-order valence-electron chi connectivity index (χ1n) is 10.6. The minimum atomic E-state index is 0.687. The molecule has 5 aromatic rings. The number of pyridine rings is 1. The Balaban J connectivity index is 1.71. The van der Waals surface area contributed by atoms with Gasteiger partial charge in [0.15, 0.2) is 5.65 Å². The first-order valence-corrected chi connectivity index (χ1v) is 10.6. The van der Waals surface area contributed by atoms with Gasteiger partial charge >= 0.3 is 0 Å². The maximum atomic E-state index is 9.50. The molecule has 4 nitrogen and oxygen atoms in total. The third-order valence-electron chi connectivity index (χ3n) is 5.71. The van der Waals surface area contributed by atoms with Gasteiger partial charge in [-0.05, 0) is 53.3 Å². The zero-order chi connectivity index (χ0) is 21.2. The summed E-state index contributed by atoms with van der Waals surface area (Å²) in [5, 5.41) is 11.8. The lowest BCUT2D eigenvalue weighted by molar-refractivity contribution is 0.744. The molecule has 4 heteroatoms. The molecule has 0 aliphatic rings. The van der Waals surface area contributed by atoms with E-state index in [4.69, 9.17) is 4.98 Å². The van der Waals surface area contributed by atoms with Crippen molar-refractivity contribution in [1.29, 1.82) is 5.26 Å². The highest BCUT2D eigenvalue weighted by molar-refractivity contribution is 5.95. The molecular weight excluding hydrogens is 380 g/mol. The molecule has 0 bridgehead atoms. The fourth-order valence-corrected chi connectivity index (χ4v) is 4.19. The number of aromatic nitrogens is 3. The van der Waals surface area contributed by atoms with Gasteiger partial charge in [0.2, 0.25) is 0 Å². The van der Waals surface area contributed by atoms with Crippen LogP contribution in [0.4, 0.5) is 0 Å². The van der Waals surface area contributed by atoms with E-state index in [9.17, 15) is 5.26 Å². The van der Waals surface area contributed by atoms with Crippen LogP contribution in [-0.4, -0.2) is 14.5 Å². The molecule has 0 aliphatic carbocycles. The third kappa shape index (κ3) is 3.35. The van der Waals surface area contributed by atoms with Crippen LogP contribution in [0.5, 0.6) is 0 Å². The summed E-state index contributed by atoms with van der Waals surface area (Å²) in [4.78, 5) is 9.32. The number of nitrogens with zero attached hydrogens (tertiary/aromatic N) is 4. The highest BCUT2D eigenvalue weighted by Gasteiger charge is 2.15. The van der Waals surface area contributed by atoms with Gasteiger partial charge in [0.05, 0.1) is 22.8 Å². The van der Waals surface area contributed by atoms with Gasteiger partial charge in [0, 0.05) is 18.0 Å². The topological polar surface area (TPSA) is 54.5 Å². The van der Waals surface area contributed by atoms with Gasteiger partial charge in [-0.3, -0.25) is 4.57 Å². The van der Waals surface area contributed by atoms with Crippen LogP contribution in [0.25, 0.3) is 38.8 Å². The number of fused-ring (bicyclic) bond motifs is 2. The molecule has 0 N–H and O–H groups in total. The Morgan fingerprint density at radius 2 is 1.87 bits per heavy atom. The maximum Gasteiger partial charge on any atom is 0.178 e. The molecule has 0 fully saturated rings. The SMILES string of the molecule is CCCCc1nc2ncccc2n1-c1cccc2cc(-c3ccccc3C#N)ccc12. The van der Waals surface area contributed by atoms with Crippen molar-refractivity contribution in [1.82, 2.24) is 14.5 Å². The van der Waals surface area contributed by atoms with Crippen LogP contribution in [0.2, 0.25) is 0 Å². The number of hydrogen-bond acceptors (Lipinski definition) is 3. The molecule has 0 unspecified atom stereocenters. The fourth-order valence-electron chi connectivity index (χ4n) is 4.19.